The van der Waals surface area contributed by atoms with E-state index in [1.807, 2.05) is 89.2 Å². The lowest BCUT2D eigenvalue weighted by molar-refractivity contribution is 0.469. The van der Waals surface area contributed by atoms with E-state index < -0.39 is 11.0 Å². The van der Waals surface area contributed by atoms with Crippen molar-refractivity contribution in [2.75, 3.05) is 5.73 Å². The van der Waals surface area contributed by atoms with Gasteiger partial charge in [-0.25, -0.2) is 18.5 Å². The number of nitrogens with zero attached hydrogens (tertiary/aromatic N) is 4. The van der Waals surface area contributed by atoms with Gasteiger partial charge in [0.2, 0.25) is 0 Å². The highest BCUT2D eigenvalue weighted by molar-refractivity contribution is 7.82. The molecule has 168 valence electrons. The molecular weight excluding hydrogens is 446 g/mol. The molecule has 0 saturated heterocycles. The Hall–Kier alpha value is -4.01. The minimum absolute atomic E-state index is 0.416. The summed E-state index contributed by atoms with van der Waals surface area (Å²) < 4.78 is 23.2. The van der Waals surface area contributed by atoms with Crippen molar-refractivity contribution >= 4 is 27.8 Å². The summed E-state index contributed by atoms with van der Waals surface area (Å²) in [5.74, 6) is 1.93. The molecule has 7 nitrogen and oxygen atoms in total. The summed E-state index contributed by atoms with van der Waals surface area (Å²) >= 11 is 0. The number of hydrogen-bond acceptors (Lipinski definition) is 5. The monoisotopic (exact) mass is 467 g/mol. The van der Waals surface area contributed by atoms with E-state index in [4.69, 9.17) is 10.5 Å². The van der Waals surface area contributed by atoms with Crippen molar-refractivity contribution in [1.29, 1.82) is 0 Å². The molecule has 34 heavy (non-hydrogen) atoms. The van der Waals surface area contributed by atoms with Gasteiger partial charge in [-0.3, -0.25) is 0 Å². The third-order valence-corrected chi connectivity index (χ3v) is 7.29. The number of hydrogen-bond donors (Lipinski definition) is 1. The molecule has 1 atom stereocenters. The second-order valence-corrected chi connectivity index (χ2v) is 9.47. The third-order valence-electron chi connectivity index (χ3n) is 5.89. The first kappa shape index (κ1) is 20.6. The van der Waals surface area contributed by atoms with Crippen LogP contribution in [0.15, 0.2) is 96.2 Å². The van der Waals surface area contributed by atoms with E-state index in [1.165, 1.54) is 6.33 Å². The molecule has 0 fully saturated rings. The SMILES string of the molecule is Nc1ncnc2c3c(n(-c4ccc(Oc5ccccc5)cc4)c12)CN(S(=O)c1ccccc1)C3. The van der Waals surface area contributed by atoms with Crippen LogP contribution in [0, 0.1) is 0 Å². The average Bonchev–Trinajstić information content (AvgIpc) is 3.44. The molecule has 1 unspecified atom stereocenters. The summed E-state index contributed by atoms with van der Waals surface area (Å²) in [6.45, 7) is 1.03. The zero-order valence-electron chi connectivity index (χ0n) is 18.2. The van der Waals surface area contributed by atoms with E-state index in [0.717, 1.165) is 44.4 Å². The largest absolute Gasteiger partial charge is 0.457 e. The molecule has 3 aromatic carbocycles. The normalized spacial score (nSPS) is 14.2. The number of aromatic nitrogens is 3. The Kier molecular flexibility index (Phi) is 5.09. The van der Waals surface area contributed by atoms with Gasteiger partial charge in [0.1, 0.15) is 34.3 Å². The van der Waals surface area contributed by atoms with E-state index in [9.17, 15) is 4.21 Å². The van der Waals surface area contributed by atoms with Crippen molar-refractivity contribution in [1.82, 2.24) is 18.8 Å². The molecule has 5 aromatic rings. The second-order valence-electron chi connectivity index (χ2n) is 7.99. The van der Waals surface area contributed by atoms with E-state index in [0.29, 0.717) is 18.9 Å². The van der Waals surface area contributed by atoms with Crippen molar-refractivity contribution in [3.8, 4) is 17.2 Å². The zero-order valence-corrected chi connectivity index (χ0v) is 19.0. The molecule has 6 rings (SSSR count). The minimum atomic E-state index is -1.28. The molecule has 0 spiro atoms. The Labute approximate surface area is 199 Å². The van der Waals surface area contributed by atoms with Crippen LogP contribution in [0.5, 0.6) is 11.5 Å². The number of fused-ring (bicyclic) bond motifs is 3. The van der Waals surface area contributed by atoms with Gasteiger partial charge in [-0.15, -0.1) is 0 Å². The van der Waals surface area contributed by atoms with Crippen LogP contribution in [-0.2, 0) is 24.1 Å². The molecule has 2 aromatic heterocycles. The first-order valence-corrected chi connectivity index (χ1v) is 12.0. The van der Waals surface area contributed by atoms with Crippen molar-refractivity contribution in [2.45, 2.75) is 18.0 Å². The number of benzene rings is 3. The van der Waals surface area contributed by atoms with Gasteiger partial charge in [0.15, 0.2) is 5.82 Å². The molecule has 1 aliphatic rings. The van der Waals surface area contributed by atoms with E-state index in [2.05, 4.69) is 14.5 Å². The van der Waals surface area contributed by atoms with Gasteiger partial charge in [-0.1, -0.05) is 36.4 Å². The highest BCUT2D eigenvalue weighted by atomic mass is 32.2. The summed E-state index contributed by atoms with van der Waals surface area (Å²) in [5.41, 5.74) is 10.8. The lowest BCUT2D eigenvalue weighted by Gasteiger charge is -2.17. The number of nitrogen functional groups attached to an aromatic ring is 1. The van der Waals surface area contributed by atoms with Crippen LogP contribution >= 0.6 is 0 Å². The predicted molar refractivity (Wildman–Crippen MR) is 132 cm³/mol. The van der Waals surface area contributed by atoms with E-state index >= 15 is 0 Å². The van der Waals surface area contributed by atoms with Gasteiger partial charge in [0.05, 0.1) is 17.0 Å². The maximum atomic E-state index is 13.2. The molecule has 0 saturated carbocycles. The molecule has 2 N–H and O–H groups in total. The van der Waals surface area contributed by atoms with Crippen molar-refractivity contribution < 1.29 is 8.95 Å². The molecule has 3 heterocycles. The standard InChI is InChI=1S/C26H21N5O2S/c27-26-25-24(28-17-29-26)22-15-30(34(32)21-9-5-2-6-10-21)16-23(22)31(25)18-11-13-20(14-12-18)33-19-7-3-1-4-8-19/h1-14,17H,15-16H2,(H2,27,28,29). The van der Waals surface area contributed by atoms with Crippen LogP contribution in [0.25, 0.3) is 16.7 Å². The highest BCUT2D eigenvalue weighted by Gasteiger charge is 2.32. The van der Waals surface area contributed by atoms with Crippen LogP contribution in [0.3, 0.4) is 0 Å². The van der Waals surface area contributed by atoms with Crippen LogP contribution in [0.2, 0.25) is 0 Å². The summed E-state index contributed by atoms with van der Waals surface area (Å²) in [6, 6.07) is 27.0. The molecule has 0 amide bonds. The van der Waals surface area contributed by atoms with Gasteiger partial charge >= 0.3 is 0 Å². The lowest BCUT2D eigenvalue weighted by atomic mass is 10.2. The van der Waals surface area contributed by atoms with Gasteiger partial charge in [0, 0.05) is 23.5 Å². The quantitative estimate of drug-likeness (QED) is 0.400. The molecule has 1 aliphatic heterocycles. The molecule has 0 aliphatic carbocycles. The highest BCUT2D eigenvalue weighted by Crippen LogP contribution is 2.38. The lowest BCUT2D eigenvalue weighted by Crippen LogP contribution is -2.20. The van der Waals surface area contributed by atoms with Gasteiger partial charge in [-0.05, 0) is 48.5 Å². The van der Waals surface area contributed by atoms with E-state index in [1.54, 1.807) is 0 Å². The van der Waals surface area contributed by atoms with Crippen molar-refractivity contribution in [2.24, 2.45) is 0 Å². The van der Waals surface area contributed by atoms with Gasteiger partial charge in [-0.2, -0.15) is 0 Å². The Morgan fingerprint density at radius 1 is 0.824 bits per heavy atom. The fourth-order valence-electron chi connectivity index (χ4n) is 4.35. The number of rotatable bonds is 5. The number of nitrogens with two attached hydrogens (primary N) is 1. The Bertz CT molecular complexity index is 1500. The number of anilines is 1. The van der Waals surface area contributed by atoms with Crippen molar-refractivity contribution in [3.05, 3.63) is 103 Å². The van der Waals surface area contributed by atoms with E-state index in [-0.39, 0.29) is 0 Å². The van der Waals surface area contributed by atoms with Crippen LogP contribution in [0.1, 0.15) is 11.3 Å². The smallest absolute Gasteiger partial charge is 0.151 e. The van der Waals surface area contributed by atoms with Crippen LogP contribution in [-0.4, -0.2) is 23.0 Å². The zero-order chi connectivity index (χ0) is 23.1. The maximum Gasteiger partial charge on any atom is 0.151 e. The molecule has 0 radical (unpaired) electrons. The van der Waals surface area contributed by atoms with Crippen molar-refractivity contribution in [3.63, 3.8) is 0 Å². The first-order valence-electron chi connectivity index (χ1n) is 10.9. The molecule has 8 heteroatoms. The Balaban J connectivity index is 1.39. The number of ether oxygens (including phenoxy) is 1. The fourth-order valence-corrected chi connectivity index (χ4v) is 5.52. The molecule has 0 bridgehead atoms. The number of para-hydroxylation sites is 1. The summed E-state index contributed by atoms with van der Waals surface area (Å²) in [6.07, 6.45) is 1.48. The Morgan fingerprint density at radius 2 is 1.50 bits per heavy atom. The van der Waals surface area contributed by atoms with Crippen LogP contribution in [0.4, 0.5) is 5.82 Å². The van der Waals surface area contributed by atoms with Gasteiger partial charge < -0.3 is 15.0 Å². The third kappa shape index (κ3) is 3.53. The van der Waals surface area contributed by atoms with Gasteiger partial charge in [0.25, 0.3) is 0 Å². The minimum Gasteiger partial charge on any atom is -0.457 e. The summed E-state index contributed by atoms with van der Waals surface area (Å²) in [7, 11) is -1.28. The fraction of sp³-hybridized carbons (Fsp3) is 0.0769. The first-order chi connectivity index (χ1) is 16.7. The Morgan fingerprint density at radius 3 is 2.24 bits per heavy atom. The second kappa shape index (κ2) is 8.40. The summed E-state index contributed by atoms with van der Waals surface area (Å²) in [5, 5.41) is 0. The van der Waals surface area contributed by atoms with Crippen LogP contribution < -0.4 is 10.5 Å². The average molecular weight is 468 g/mol. The predicted octanol–water partition coefficient (Wildman–Crippen LogP) is 4.83. The molecular formula is C26H21N5O2S. The summed E-state index contributed by atoms with van der Waals surface area (Å²) in [4.78, 5) is 9.54. The maximum absolute atomic E-state index is 13.2. The topological polar surface area (TPSA) is 86.3 Å².